The molecule has 0 bridgehead atoms. The quantitative estimate of drug-likeness (QED) is 0.559. The van der Waals surface area contributed by atoms with Crippen molar-refractivity contribution in [3.8, 4) is 0 Å². The van der Waals surface area contributed by atoms with E-state index in [1.54, 1.807) is 0 Å². The molecule has 1 amide bonds. The minimum Gasteiger partial charge on any atom is -0.345 e. The Morgan fingerprint density at radius 2 is 1.90 bits per heavy atom. The number of carbonyl (C=O) groups is 2. The van der Waals surface area contributed by atoms with Crippen molar-refractivity contribution in [3.63, 3.8) is 0 Å². The van der Waals surface area contributed by atoms with Gasteiger partial charge in [-0.25, -0.2) is 0 Å². The molecule has 0 fully saturated rings. The minimum absolute atomic E-state index is 0.00560. The highest BCUT2D eigenvalue weighted by molar-refractivity contribution is 5.95. The Bertz CT molecular complexity index is 152. The number of nitrogens with one attached hydrogen (secondary N) is 1. The molecule has 3 nitrogen and oxygen atoms in total. The number of hydrogen-bond acceptors (Lipinski definition) is 2. The molecular formula is C7H9NO2. The third kappa shape index (κ3) is 3.60. The van der Waals surface area contributed by atoms with Crippen molar-refractivity contribution in [2.24, 2.45) is 0 Å². The van der Waals surface area contributed by atoms with E-state index in [2.05, 4.69) is 18.5 Å². The van der Waals surface area contributed by atoms with Crippen LogP contribution in [0.15, 0.2) is 25.3 Å². The molecule has 0 saturated heterocycles. The standard InChI is InChI=1S/C7H9NO2/c1-3-6(9)5-8-7(10)4-2/h3-4H,1-2,5H2,(H,8,10). The number of carbonyl (C=O) groups excluding carboxylic acids is 2. The second-order valence-corrected chi connectivity index (χ2v) is 1.59. The lowest BCUT2D eigenvalue weighted by Gasteiger charge is -1.95. The molecule has 0 unspecified atom stereocenters. The van der Waals surface area contributed by atoms with E-state index in [0.717, 1.165) is 12.2 Å². The van der Waals surface area contributed by atoms with Gasteiger partial charge in [-0.15, -0.1) is 0 Å². The first kappa shape index (κ1) is 8.62. The molecular weight excluding hydrogens is 130 g/mol. The average Bonchev–Trinajstić information content (AvgIpc) is 1.99. The first-order valence-electron chi connectivity index (χ1n) is 2.76. The molecule has 0 aromatic rings. The lowest BCUT2D eigenvalue weighted by molar-refractivity contribution is -0.120. The van der Waals surface area contributed by atoms with Gasteiger partial charge < -0.3 is 5.32 Å². The van der Waals surface area contributed by atoms with Gasteiger partial charge in [-0.05, 0) is 12.2 Å². The molecule has 10 heavy (non-hydrogen) atoms. The zero-order valence-electron chi connectivity index (χ0n) is 5.59. The fourth-order valence-corrected chi connectivity index (χ4v) is 0.319. The van der Waals surface area contributed by atoms with Gasteiger partial charge in [0.25, 0.3) is 0 Å². The molecule has 0 saturated carbocycles. The van der Waals surface area contributed by atoms with Crippen LogP contribution in [0.4, 0.5) is 0 Å². The van der Waals surface area contributed by atoms with E-state index in [1.807, 2.05) is 0 Å². The molecule has 0 aliphatic carbocycles. The van der Waals surface area contributed by atoms with Gasteiger partial charge in [0, 0.05) is 0 Å². The van der Waals surface area contributed by atoms with Crippen molar-refractivity contribution in [2.75, 3.05) is 6.54 Å². The Morgan fingerprint density at radius 3 is 2.30 bits per heavy atom. The molecule has 0 spiro atoms. The molecule has 0 aromatic carbocycles. The van der Waals surface area contributed by atoms with Crippen LogP contribution in [-0.2, 0) is 9.59 Å². The Hall–Kier alpha value is -1.38. The number of rotatable bonds is 4. The van der Waals surface area contributed by atoms with Crippen LogP contribution in [0.1, 0.15) is 0 Å². The Morgan fingerprint density at radius 1 is 1.30 bits per heavy atom. The summed E-state index contributed by atoms with van der Waals surface area (Å²) in [5, 5.41) is 2.31. The number of amides is 1. The second kappa shape index (κ2) is 4.49. The maximum atomic E-state index is 10.5. The molecule has 0 radical (unpaired) electrons. The van der Waals surface area contributed by atoms with Crippen molar-refractivity contribution in [2.45, 2.75) is 0 Å². The van der Waals surface area contributed by atoms with E-state index >= 15 is 0 Å². The second-order valence-electron chi connectivity index (χ2n) is 1.59. The van der Waals surface area contributed by atoms with Gasteiger partial charge in [-0.1, -0.05) is 13.2 Å². The molecule has 0 atom stereocenters. The summed E-state index contributed by atoms with van der Waals surface area (Å²) >= 11 is 0. The summed E-state index contributed by atoms with van der Waals surface area (Å²) in [6.07, 6.45) is 2.26. The van der Waals surface area contributed by atoms with E-state index in [9.17, 15) is 9.59 Å². The largest absolute Gasteiger partial charge is 0.345 e. The SMILES string of the molecule is C=CC(=O)CNC(=O)C=C. The van der Waals surface area contributed by atoms with Gasteiger partial charge in [0.1, 0.15) is 0 Å². The Labute approximate surface area is 59.4 Å². The summed E-state index contributed by atoms with van der Waals surface area (Å²) in [5.74, 6) is -0.564. The molecule has 0 heterocycles. The van der Waals surface area contributed by atoms with Crippen molar-refractivity contribution in [3.05, 3.63) is 25.3 Å². The molecule has 0 aromatic heterocycles. The summed E-state index contributed by atoms with van der Waals surface area (Å²) < 4.78 is 0. The predicted molar refractivity (Wildman–Crippen MR) is 38.4 cm³/mol. The van der Waals surface area contributed by atoms with Gasteiger partial charge in [0.05, 0.1) is 6.54 Å². The summed E-state index contributed by atoms with van der Waals surface area (Å²) in [6, 6.07) is 0. The van der Waals surface area contributed by atoms with Crippen molar-refractivity contribution in [1.82, 2.24) is 5.32 Å². The zero-order valence-corrected chi connectivity index (χ0v) is 5.59. The fourth-order valence-electron chi connectivity index (χ4n) is 0.319. The summed E-state index contributed by atoms with van der Waals surface area (Å²) in [4.78, 5) is 20.9. The molecule has 3 heteroatoms. The maximum Gasteiger partial charge on any atom is 0.243 e. The highest BCUT2D eigenvalue weighted by Crippen LogP contribution is 1.71. The van der Waals surface area contributed by atoms with Gasteiger partial charge in [-0.2, -0.15) is 0 Å². The van der Waals surface area contributed by atoms with Crippen LogP contribution >= 0.6 is 0 Å². The predicted octanol–water partition coefficient (Wildman–Crippen LogP) is 0.0437. The van der Waals surface area contributed by atoms with E-state index in [1.165, 1.54) is 0 Å². The van der Waals surface area contributed by atoms with Crippen LogP contribution in [0.25, 0.3) is 0 Å². The lowest BCUT2D eigenvalue weighted by Crippen LogP contribution is -2.26. The van der Waals surface area contributed by atoms with E-state index in [4.69, 9.17) is 0 Å². The summed E-state index contributed by atoms with van der Waals surface area (Å²) in [7, 11) is 0. The molecule has 54 valence electrons. The van der Waals surface area contributed by atoms with Crippen LogP contribution in [0, 0.1) is 0 Å². The molecule has 0 aliphatic heterocycles. The van der Waals surface area contributed by atoms with Crippen LogP contribution < -0.4 is 5.32 Å². The van der Waals surface area contributed by atoms with E-state index in [-0.39, 0.29) is 18.2 Å². The summed E-state index contributed by atoms with van der Waals surface area (Å²) in [5.41, 5.74) is 0. The first-order valence-corrected chi connectivity index (χ1v) is 2.76. The van der Waals surface area contributed by atoms with E-state index in [0.29, 0.717) is 0 Å². The smallest absolute Gasteiger partial charge is 0.243 e. The third-order valence-electron chi connectivity index (χ3n) is 0.850. The van der Waals surface area contributed by atoms with Gasteiger partial charge in [-0.3, -0.25) is 9.59 Å². The number of ketones is 1. The van der Waals surface area contributed by atoms with Crippen LogP contribution in [0.2, 0.25) is 0 Å². The van der Waals surface area contributed by atoms with Crippen LogP contribution in [-0.4, -0.2) is 18.2 Å². The maximum absolute atomic E-state index is 10.5. The molecule has 0 rings (SSSR count). The Kier molecular flexibility index (Phi) is 3.87. The van der Waals surface area contributed by atoms with Crippen molar-refractivity contribution < 1.29 is 9.59 Å². The average molecular weight is 139 g/mol. The molecule has 0 aliphatic rings. The third-order valence-corrected chi connectivity index (χ3v) is 0.850. The highest BCUT2D eigenvalue weighted by Gasteiger charge is 1.96. The lowest BCUT2D eigenvalue weighted by atomic mass is 10.4. The zero-order chi connectivity index (χ0) is 7.98. The normalized spacial score (nSPS) is 8.00. The first-order chi connectivity index (χ1) is 4.70. The highest BCUT2D eigenvalue weighted by atomic mass is 16.2. The van der Waals surface area contributed by atoms with Crippen LogP contribution in [0.5, 0.6) is 0 Å². The van der Waals surface area contributed by atoms with Crippen molar-refractivity contribution >= 4 is 11.7 Å². The topological polar surface area (TPSA) is 46.2 Å². The van der Waals surface area contributed by atoms with Gasteiger partial charge in [0.15, 0.2) is 5.78 Å². The van der Waals surface area contributed by atoms with Gasteiger partial charge in [0.2, 0.25) is 5.91 Å². The van der Waals surface area contributed by atoms with Gasteiger partial charge >= 0.3 is 0 Å². The Balaban J connectivity index is 3.54. The molecule has 1 N–H and O–H groups in total. The van der Waals surface area contributed by atoms with Crippen LogP contribution in [0.3, 0.4) is 0 Å². The summed E-state index contributed by atoms with van der Waals surface area (Å²) in [6.45, 7) is 6.45. The fraction of sp³-hybridized carbons (Fsp3) is 0.143. The van der Waals surface area contributed by atoms with E-state index < -0.39 is 0 Å². The number of hydrogen-bond donors (Lipinski definition) is 1. The monoisotopic (exact) mass is 139 g/mol. The minimum atomic E-state index is -0.352. The van der Waals surface area contributed by atoms with Crippen molar-refractivity contribution in [1.29, 1.82) is 0 Å².